The van der Waals surface area contributed by atoms with Crippen LogP contribution >= 0.6 is 0 Å². The predicted octanol–water partition coefficient (Wildman–Crippen LogP) is 3.52. The van der Waals surface area contributed by atoms with Crippen LogP contribution in [0.25, 0.3) is 0 Å². The number of methoxy groups -OCH3 is 1. The Morgan fingerprint density at radius 2 is 2.05 bits per heavy atom. The summed E-state index contributed by atoms with van der Waals surface area (Å²) in [6, 6.07) is 5.12. The van der Waals surface area contributed by atoms with Crippen molar-refractivity contribution in [3.63, 3.8) is 0 Å². The molecule has 1 saturated carbocycles. The van der Waals surface area contributed by atoms with E-state index in [9.17, 15) is 4.39 Å². The minimum atomic E-state index is -0.267. The zero-order chi connectivity index (χ0) is 14.9. The Labute approximate surface area is 126 Å². The zero-order valence-corrected chi connectivity index (χ0v) is 12.9. The van der Waals surface area contributed by atoms with E-state index < -0.39 is 0 Å². The summed E-state index contributed by atoms with van der Waals surface area (Å²) >= 11 is 0. The van der Waals surface area contributed by atoms with Crippen molar-refractivity contribution in [3.8, 4) is 5.75 Å². The zero-order valence-electron chi connectivity index (χ0n) is 12.9. The first-order valence-corrected chi connectivity index (χ1v) is 7.91. The summed E-state index contributed by atoms with van der Waals surface area (Å²) in [5.74, 6) is 0.720. The molecule has 3 nitrogen and oxygen atoms in total. The number of ether oxygens (including phenoxy) is 2. The van der Waals surface area contributed by atoms with Gasteiger partial charge in [0.15, 0.2) is 11.6 Å². The van der Waals surface area contributed by atoms with E-state index in [4.69, 9.17) is 9.47 Å². The van der Waals surface area contributed by atoms with Crippen LogP contribution in [0.4, 0.5) is 4.39 Å². The van der Waals surface area contributed by atoms with Gasteiger partial charge >= 0.3 is 0 Å². The maximum Gasteiger partial charge on any atom is 0.165 e. The van der Waals surface area contributed by atoms with Gasteiger partial charge in [0.2, 0.25) is 0 Å². The third kappa shape index (κ3) is 5.29. The number of rotatable bonds is 8. The first-order valence-electron chi connectivity index (χ1n) is 7.91. The summed E-state index contributed by atoms with van der Waals surface area (Å²) in [6.45, 7) is 2.62. The highest BCUT2D eigenvalue weighted by molar-refractivity contribution is 5.34. The largest absolute Gasteiger partial charge is 0.490 e. The van der Waals surface area contributed by atoms with Gasteiger partial charge < -0.3 is 14.8 Å². The highest BCUT2D eigenvalue weighted by atomic mass is 19.1. The molecule has 21 heavy (non-hydrogen) atoms. The quantitative estimate of drug-likeness (QED) is 0.744. The topological polar surface area (TPSA) is 30.5 Å². The predicted molar refractivity (Wildman–Crippen MR) is 82.1 cm³/mol. The fourth-order valence-electron chi connectivity index (χ4n) is 2.81. The van der Waals surface area contributed by atoms with E-state index in [0.717, 1.165) is 12.1 Å². The van der Waals surface area contributed by atoms with Gasteiger partial charge in [-0.1, -0.05) is 31.4 Å². The standard InChI is InChI=1S/C17H26FNO2/c1-20-11-10-19-12-15-8-5-9-16(18)17(15)21-13-14-6-3-2-4-7-14/h5,8-9,14,19H,2-4,6-7,10-13H2,1H3. The molecule has 1 aromatic rings. The SMILES string of the molecule is COCCNCc1cccc(F)c1OCC1CCCCC1. The molecule has 0 saturated heterocycles. The second-order valence-electron chi connectivity index (χ2n) is 5.71. The molecule has 0 spiro atoms. The van der Waals surface area contributed by atoms with E-state index >= 15 is 0 Å². The monoisotopic (exact) mass is 295 g/mol. The molecule has 0 bridgehead atoms. The fourth-order valence-corrected chi connectivity index (χ4v) is 2.81. The third-order valence-electron chi connectivity index (χ3n) is 4.04. The molecule has 2 rings (SSSR count). The Bertz CT molecular complexity index is 419. The van der Waals surface area contributed by atoms with E-state index in [2.05, 4.69) is 5.32 Å². The molecule has 1 fully saturated rings. The average Bonchev–Trinajstić information content (AvgIpc) is 2.52. The Morgan fingerprint density at radius 1 is 1.24 bits per heavy atom. The lowest BCUT2D eigenvalue weighted by Crippen LogP contribution is -2.20. The van der Waals surface area contributed by atoms with E-state index in [1.165, 1.54) is 38.2 Å². The summed E-state index contributed by atoms with van der Waals surface area (Å²) in [5, 5.41) is 3.24. The van der Waals surface area contributed by atoms with Gasteiger partial charge in [0, 0.05) is 25.8 Å². The number of benzene rings is 1. The summed E-state index contributed by atoms with van der Waals surface area (Å²) in [4.78, 5) is 0. The van der Waals surface area contributed by atoms with E-state index in [1.807, 2.05) is 6.07 Å². The fraction of sp³-hybridized carbons (Fsp3) is 0.647. The maximum atomic E-state index is 14.0. The highest BCUT2D eigenvalue weighted by Crippen LogP contribution is 2.27. The van der Waals surface area contributed by atoms with E-state index in [0.29, 0.717) is 31.4 Å². The molecule has 1 aliphatic carbocycles. The minimum absolute atomic E-state index is 0.267. The number of hydrogen-bond acceptors (Lipinski definition) is 3. The van der Waals surface area contributed by atoms with Gasteiger partial charge in [0.05, 0.1) is 13.2 Å². The van der Waals surface area contributed by atoms with Crippen molar-refractivity contribution in [3.05, 3.63) is 29.6 Å². The molecule has 4 heteroatoms. The van der Waals surface area contributed by atoms with Crippen molar-refractivity contribution < 1.29 is 13.9 Å². The molecule has 0 unspecified atom stereocenters. The summed E-state index contributed by atoms with van der Waals surface area (Å²) in [6.07, 6.45) is 6.28. The summed E-state index contributed by atoms with van der Waals surface area (Å²) in [7, 11) is 1.67. The molecule has 1 aliphatic rings. The number of nitrogens with one attached hydrogen (secondary N) is 1. The first kappa shape index (κ1) is 16.2. The second kappa shape index (κ2) is 9.00. The van der Waals surface area contributed by atoms with Crippen LogP contribution in [0.2, 0.25) is 0 Å². The molecular formula is C17H26FNO2. The summed E-state index contributed by atoms with van der Waals surface area (Å²) in [5.41, 5.74) is 0.877. The Hall–Kier alpha value is -1.13. The Balaban J connectivity index is 1.89. The lowest BCUT2D eigenvalue weighted by molar-refractivity contribution is 0.195. The molecule has 118 valence electrons. The third-order valence-corrected chi connectivity index (χ3v) is 4.04. The smallest absolute Gasteiger partial charge is 0.165 e. The van der Waals surface area contributed by atoms with Crippen molar-refractivity contribution in [1.82, 2.24) is 5.32 Å². The Kier molecular flexibility index (Phi) is 6.96. The van der Waals surface area contributed by atoms with Crippen LogP contribution in [0.15, 0.2) is 18.2 Å². The lowest BCUT2D eigenvalue weighted by atomic mass is 9.90. The van der Waals surface area contributed by atoms with Crippen molar-refractivity contribution in [2.24, 2.45) is 5.92 Å². The Morgan fingerprint density at radius 3 is 2.81 bits per heavy atom. The van der Waals surface area contributed by atoms with Crippen LogP contribution in [0.3, 0.4) is 0 Å². The van der Waals surface area contributed by atoms with Crippen LogP contribution in [0.1, 0.15) is 37.7 Å². The number of halogens is 1. The maximum absolute atomic E-state index is 14.0. The number of hydrogen-bond donors (Lipinski definition) is 1. The van der Waals surface area contributed by atoms with Crippen molar-refractivity contribution in [2.45, 2.75) is 38.6 Å². The number of para-hydroxylation sites is 1. The second-order valence-corrected chi connectivity index (χ2v) is 5.71. The minimum Gasteiger partial charge on any atom is -0.490 e. The summed E-state index contributed by atoms with van der Waals surface area (Å²) < 4.78 is 24.8. The van der Waals surface area contributed by atoms with Gasteiger partial charge in [-0.2, -0.15) is 0 Å². The van der Waals surface area contributed by atoms with Crippen LogP contribution < -0.4 is 10.1 Å². The lowest BCUT2D eigenvalue weighted by Gasteiger charge is -2.22. The molecule has 0 radical (unpaired) electrons. The van der Waals surface area contributed by atoms with Crippen LogP contribution in [0, 0.1) is 11.7 Å². The van der Waals surface area contributed by atoms with Gasteiger partial charge in [-0.05, 0) is 24.8 Å². The van der Waals surface area contributed by atoms with Crippen LogP contribution in [-0.2, 0) is 11.3 Å². The van der Waals surface area contributed by atoms with Gasteiger partial charge in [-0.3, -0.25) is 0 Å². The molecule has 1 N–H and O–H groups in total. The van der Waals surface area contributed by atoms with Crippen molar-refractivity contribution in [2.75, 3.05) is 26.9 Å². The highest BCUT2D eigenvalue weighted by Gasteiger charge is 2.16. The molecule has 0 heterocycles. The normalized spacial score (nSPS) is 16.1. The van der Waals surface area contributed by atoms with Gasteiger partial charge in [-0.25, -0.2) is 4.39 Å². The average molecular weight is 295 g/mol. The van der Waals surface area contributed by atoms with Crippen molar-refractivity contribution >= 4 is 0 Å². The molecule has 0 aromatic heterocycles. The van der Waals surface area contributed by atoms with Gasteiger partial charge in [-0.15, -0.1) is 0 Å². The van der Waals surface area contributed by atoms with Gasteiger partial charge in [0.1, 0.15) is 0 Å². The molecule has 0 aliphatic heterocycles. The van der Waals surface area contributed by atoms with Crippen LogP contribution in [0.5, 0.6) is 5.75 Å². The molecular weight excluding hydrogens is 269 g/mol. The van der Waals surface area contributed by atoms with E-state index in [-0.39, 0.29) is 5.82 Å². The molecule has 1 aromatic carbocycles. The van der Waals surface area contributed by atoms with Crippen LogP contribution in [-0.4, -0.2) is 26.9 Å². The van der Waals surface area contributed by atoms with Gasteiger partial charge in [0.25, 0.3) is 0 Å². The molecule has 0 atom stereocenters. The van der Waals surface area contributed by atoms with Crippen molar-refractivity contribution in [1.29, 1.82) is 0 Å². The first-order chi connectivity index (χ1) is 10.3. The van der Waals surface area contributed by atoms with E-state index in [1.54, 1.807) is 13.2 Å². The molecule has 0 amide bonds.